The predicted molar refractivity (Wildman–Crippen MR) is 82.7 cm³/mol. The van der Waals surface area contributed by atoms with Gasteiger partial charge in [-0.15, -0.1) is 0 Å². The quantitative estimate of drug-likeness (QED) is 0.683. The first-order valence-corrected chi connectivity index (χ1v) is 6.88. The van der Waals surface area contributed by atoms with Crippen molar-refractivity contribution in [1.82, 2.24) is 0 Å². The van der Waals surface area contributed by atoms with Crippen molar-refractivity contribution < 1.29 is 13.6 Å². The molecule has 106 valence electrons. The smallest absolute Gasteiger partial charge is 0.291 e. The number of anilines is 2. The standard InChI is InChI=1S/C15H10BrFN2O2/c16-11-7-10(2-3-12(11)17)19-15(20)14-6-8-5-9(18)1-4-13(8)21-14/h1-7H,18H2,(H,19,20). The van der Waals surface area contributed by atoms with Crippen molar-refractivity contribution >= 4 is 44.2 Å². The fourth-order valence-corrected chi connectivity index (χ4v) is 2.32. The van der Waals surface area contributed by atoms with Crippen LogP contribution < -0.4 is 11.1 Å². The molecule has 0 atom stereocenters. The minimum atomic E-state index is -0.414. The Labute approximate surface area is 127 Å². The van der Waals surface area contributed by atoms with Gasteiger partial charge in [-0.1, -0.05) is 0 Å². The molecule has 3 aromatic rings. The summed E-state index contributed by atoms with van der Waals surface area (Å²) in [6.07, 6.45) is 0. The number of hydrogen-bond acceptors (Lipinski definition) is 3. The Balaban J connectivity index is 1.87. The molecule has 3 N–H and O–H groups in total. The zero-order valence-electron chi connectivity index (χ0n) is 10.7. The number of nitrogens with one attached hydrogen (secondary N) is 1. The van der Waals surface area contributed by atoms with E-state index in [0.29, 0.717) is 17.0 Å². The molecule has 0 saturated heterocycles. The molecule has 0 fully saturated rings. The molecule has 1 heterocycles. The SMILES string of the molecule is Nc1ccc2oc(C(=O)Nc3ccc(F)c(Br)c3)cc2c1. The van der Waals surface area contributed by atoms with Crippen LogP contribution in [0.25, 0.3) is 11.0 Å². The molecular formula is C15H10BrFN2O2. The summed E-state index contributed by atoms with van der Waals surface area (Å²) in [4.78, 5) is 12.1. The molecule has 0 aliphatic carbocycles. The number of nitrogens with two attached hydrogens (primary N) is 1. The summed E-state index contributed by atoms with van der Waals surface area (Å²) < 4.78 is 18.9. The number of benzene rings is 2. The zero-order chi connectivity index (χ0) is 15.0. The number of amides is 1. The highest BCUT2D eigenvalue weighted by Crippen LogP contribution is 2.24. The van der Waals surface area contributed by atoms with E-state index in [1.165, 1.54) is 18.2 Å². The summed E-state index contributed by atoms with van der Waals surface area (Å²) in [5.41, 5.74) is 7.32. The van der Waals surface area contributed by atoms with E-state index in [-0.39, 0.29) is 10.2 Å². The van der Waals surface area contributed by atoms with Crippen LogP contribution in [0, 0.1) is 5.82 Å². The number of rotatable bonds is 2. The third-order valence-electron chi connectivity index (χ3n) is 2.94. The third kappa shape index (κ3) is 2.75. The van der Waals surface area contributed by atoms with E-state index in [2.05, 4.69) is 21.2 Å². The maximum absolute atomic E-state index is 13.1. The molecule has 0 bridgehead atoms. The van der Waals surface area contributed by atoms with E-state index in [1.54, 1.807) is 24.3 Å². The lowest BCUT2D eigenvalue weighted by atomic mass is 10.2. The molecule has 21 heavy (non-hydrogen) atoms. The van der Waals surface area contributed by atoms with Gasteiger partial charge in [-0.05, 0) is 58.4 Å². The first-order chi connectivity index (χ1) is 10.0. The van der Waals surface area contributed by atoms with Gasteiger partial charge >= 0.3 is 0 Å². The fraction of sp³-hybridized carbons (Fsp3) is 0. The topological polar surface area (TPSA) is 68.3 Å². The van der Waals surface area contributed by atoms with Crippen molar-refractivity contribution in [3.8, 4) is 0 Å². The molecule has 0 unspecified atom stereocenters. The van der Waals surface area contributed by atoms with Crippen molar-refractivity contribution in [3.63, 3.8) is 0 Å². The van der Waals surface area contributed by atoms with Gasteiger partial charge in [0.15, 0.2) is 5.76 Å². The van der Waals surface area contributed by atoms with Crippen molar-refractivity contribution in [2.45, 2.75) is 0 Å². The van der Waals surface area contributed by atoms with Gasteiger partial charge in [-0.2, -0.15) is 0 Å². The van der Waals surface area contributed by atoms with Crippen molar-refractivity contribution in [3.05, 3.63) is 58.5 Å². The van der Waals surface area contributed by atoms with Gasteiger partial charge in [0.25, 0.3) is 5.91 Å². The monoisotopic (exact) mass is 348 g/mol. The molecule has 0 radical (unpaired) electrons. The summed E-state index contributed by atoms with van der Waals surface area (Å²) >= 11 is 3.06. The summed E-state index contributed by atoms with van der Waals surface area (Å²) in [5.74, 6) is -0.647. The van der Waals surface area contributed by atoms with Crippen LogP contribution in [-0.2, 0) is 0 Å². The maximum atomic E-state index is 13.1. The number of halogens is 2. The summed E-state index contributed by atoms with van der Waals surface area (Å²) in [6.45, 7) is 0. The van der Waals surface area contributed by atoms with E-state index in [4.69, 9.17) is 10.2 Å². The Morgan fingerprint density at radius 1 is 1.19 bits per heavy atom. The first kappa shape index (κ1) is 13.6. The van der Waals surface area contributed by atoms with E-state index in [0.717, 1.165) is 5.39 Å². The number of carbonyl (C=O) groups excluding carboxylic acids is 1. The van der Waals surface area contributed by atoms with Gasteiger partial charge in [0, 0.05) is 16.8 Å². The Morgan fingerprint density at radius 3 is 2.76 bits per heavy atom. The van der Waals surface area contributed by atoms with E-state index in [1.807, 2.05) is 0 Å². The normalized spacial score (nSPS) is 10.8. The van der Waals surface area contributed by atoms with Crippen LogP contribution in [0.1, 0.15) is 10.6 Å². The second kappa shape index (κ2) is 5.21. The molecule has 6 heteroatoms. The molecule has 3 rings (SSSR count). The molecule has 1 aromatic heterocycles. The summed E-state index contributed by atoms with van der Waals surface area (Å²) in [7, 11) is 0. The van der Waals surface area contributed by atoms with Crippen molar-refractivity contribution in [1.29, 1.82) is 0 Å². The highest BCUT2D eigenvalue weighted by atomic mass is 79.9. The zero-order valence-corrected chi connectivity index (χ0v) is 12.3. The van der Waals surface area contributed by atoms with Gasteiger partial charge in [-0.3, -0.25) is 4.79 Å². The molecule has 1 amide bonds. The molecule has 2 aromatic carbocycles. The lowest BCUT2D eigenvalue weighted by Crippen LogP contribution is -2.10. The second-order valence-electron chi connectivity index (χ2n) is 4.49. The van der Waals surface area contributed by atoms with Crippen LogP contribution in [0.4, 0.5) is 15.8 Å². The minimum absolute atomic E-state index is 0.163. The Kier molecular flexibility index (Phi) is 3.39. The number of hydrogen-bond donors (Lipinski definition) is 2. The second-order valence-corrected chi connectivity index (χ2v) is 5.35. The van der Waals surface area contributed by atoms with Crippen LogP contribution >= 0.6 is 15.9 Å². The molecule has 0 aliphatic heterocycles. The van der Waals surface area contributed by atoms with Gasteiger partial charge < -0.3 is 15.5 Å². The Hall–Kier alpha value is -2.34. The van der Waals surface area contributed by atoms with Crippen LogP contribution in [0.2, 0.25) is 0 Å². The highest BCUT2D eigenvalue weighted by molar-refractivity contribution is 9.10. The minimum Gasteiger partial charge on any atom is -0.451 e. The molecule has 0 spiro atoms. The molecular weight excluding hydrogens is 339 g/mol. The maximum Gasteiger partial charge on any atom is 0.291 e. The highest BCUT2D eigenvalue weighted by Gasteiger charge is 2.13. The molecule has 0 saturated carbocycles. The number of nitrogen functional groups attached to an aromatic ring is 1. The van der Waals surface area contributed by atoms with Gasteiger partial charge in [0.05, 0.1) is 4.47 Å². The van der Waals surface area contributed by atoms with Crippen LogP contribution in [0.3, 0.4) is 0 Å². The van der Waals surface area contributed by atoms with Crippen LogP contribution in [0.15, 0.2) is 51.4 Å². The van der Waals surface area contributed by atoms with Crippen LogP contribution in [0.5, 0.6) is 0 Å². The van der Waals surface area contributed by atoms with Gasteiger partial charge in [0.2, 0.25) is 0 Å². The fourth-order valence-electron chi connectivity index (χ4n) is 1.94. The number of furan rings is 1. The predicted octanol–water partition coefficient (Wildman–Crippen LogP) is 4.17. The van der Waals surface area contributed by atoms with Crippen molar-refractivity contribution in [2.24, 2.45) is 0 Å². The first-order valence-electron chi connectivity index (χ1n) is 6.08. The number of fused-ring (bicyclic) bond motifs is 1. The molecule has 0 aliphatic rings. The van der Waals surface area contributed by atoms with E-state index < -0.39 is 11.7 Å². The lowest BCUT2D eigenvalue weighted by Gasteiger charge is -2.03. The average Bonchev–Trinajstić information content (AvgIpc) is 2.86. The summed E-state index contributed by atoms with van der Waals surface area (Å²) in [5, 5.41) is 3.39. The van der Waals surface area contributed by atoms with Gasteiger partial charge in [-0.25, -0.2) is 4.39 Å². The van der Waals surface area contributed by atoms with Crippen LogP contribution in [-0.4, -0.2) is 5.91 Å². The average molecular weight is 349 g/mol. The third-order valence-corrected chi connectivity index (χ3v) is 3.55. The van der Waals surface area contributed by atoms with E-state index in [9.17, 15) is 9.18 Å². The lowest BCUT2D eigenvalue weighted by molar-refractivity contribution is 0.0998. The molecule has 4 nitrogen and oxygen atoms in total. The largest absolute Gasteiger partial charge is 0.451 e. The van der Waals surface area contributed by atoms with Crippen molar-refractivity contribution in [2.75, 3.05) is 11.1 Å². The summed E-state index contributed by atoms with van der Waals surface area (Å²) in [6, 6.07) is 11.0. The van der Waals surface area contributed by atoms with E-state index >= 15 is 0 Å². The Bertz CT molecular complexity index is 845. The Morgan fingerprint density at radius 2 is 2.00 bits per heavy atom. The number of carbonyl (C=O) groups is 1. The van der Waals surface area contributed by atoms with Gasteiger partial charge in [0.1, 0.15) is 11.4 Å².